The third-order valence-electron chi connectivity index (χ3n) is 5.46. The molecule has 3 rings (SSSR count). The maximum atomic E-state index is 12.8. The number of benzene rings is 2. The van der Waals surface area contributed by atoms with E-state index in [9.17, 15) is 9.59 Å². The van der Waals surface area contributed by atoms with Gasteiger partial charge in [-0.3, -0.25) is 9.59 Å². The van der Waals surface area contributed by atoms with Crippen LogP contribution in [0.2, 0.25) is 10.0 Å². The van der Waals surface area contributed by atoms with Crippen LogP contribution in [0.3, 0.4) is 0 Å². The van der Waals surface area contributed by atoms with E-state index in [0.717, 1.165) is 17.5 Å². The number of hydrogen-bond acceptors (Lipinski definition) is 4. The predicted octanol–water partition coefficient (Wildman–Crippen LogP) is 4.36. The van der Waals surface area contributed by atoms with E-state index in [4.69, 9.17) is 32.7 Å². The largest absolute Gasteiger partial charge is 0.497 e. The van der Waals surface area contributed by atoms with Crippen LogP contribution in [-0.4, -0.2) is 26.0 Å². The third kappa shape index (κ3) is 6.28. The fourth-order valence-electron chi connectivity index (χ4n) is 3.91. The fraction of sp³-hybridized carbons (Fsp3) is 0.391. The van der Waals surface area contributed by atoms with Crippen molar-refractivity contribution in [2.45, 2.75) is 32.4 Å². The van der Waals surface area contributed by atoms with Gasteiger partial charge in [0.1, 0.15) is 11.5 Å². The van der Waals surface area contributed by atoms with Gasteiger partial charge in [0.15, 0.2) is 0 Å². The number of rotatable bonds is 8. The van der Waals surface area contributed by atoms with Gasteiger partial charge in [-0.15, -0.1) is 0 Å². The van der Waals surface area contributed by atoms with Gasteiger partial charge in [-0.05, 0) is 54.3 Å². The average Bonchev–Trinajstić information content (AvgIpc) is 3.25. The molecule has 6 nitrogen and oxygen atoms in total. The van der Waals surface area contributed by atoms with Crippen LogP contribution in [-0.2, 0) is 22.7 Å². The summed E-state index contributed by atoms with van der Waals surface area (Å²) in [5.41, 5.74) is 1.68. The van der Waals surface area contributed by atoms with E-state index in [1.165, 1.54) is 0 Å². The molecule has 0 radical (unpaired) electrons. The Hall–Kier alpha value is -2.44. The van der Waals surface area contributed by atoms with Crippen molar-refractivity contribution in [1.29, 1.82) is 0 Å². The number of carbonyl (C=O) groups excluding carboxylic acids is 2. The number of nitrogens with one attached hydrogen (secondary N) is 2. The molecule has 8 heteroatoms. The molecule has 0 saturated heterocycles. The normalized spacial score (nSPS) is 17.8. The standard InChI is InChI=1S/C23H26Cl2N2O4/c1-30-18-8-15(9-19(11-18)31-2)13-27-23(29)21-5-3-4-20(21)22(28)26-12-14-6-16(24)10-17(25)7-14/h6-11,20-21H,3-5,12-13H2,1-2H3,(H,26,28)(H,27,29)/t20?,21-/m1/s1. The molecule has 2 atom stereocenters. The molecule has 0 bridgehead atoms. The van der Waals surface area contributed by atoms with Gasteiger partial charge < -0.3 is 20.1 Å². The monoisotopic (exact) mass is 464 g/mol. The lowest BCUT2D eigenvalue weighted by atomic mass is 9.94. The molecule has 1 fully saturated rings. The number of hydrogen-bond donors (Lipinski definition) is 2. The van der Waals surface area contributed by atoms with Gasteiger partial charge in [0.2, 0.25) is 11.8 Å². The highest BCUT2D eigenvalue weighted by molar-refractivity contribution is 6.34. The van der Waals surface area contributed by atoms with Gasteiger partial charge in [-0.2, -0.15) is 0 Å². The Kier molecular flexibility index (Phi) is 8.04. The maximum absolute atomic E-state index is 12.8. The first-order valence-corrected chi connectivity index (χ1v) is 10.9. The lowest BCUT2D eigenvalue weighted by Crippen LogP contribution is -2.39. The second kappa shape index (κ2) is 10.7. The molecule has 1 saturated carbocycles. The summed E-state index contributed by atoms with van der Waals surface area (Å²) in [7, 11) is 3.16. The molecule has 2 aromatic carbocycles. The second-order valence-electron chi connectivity index (χ2n) is 7.58. The highest BCUT2D eigenvalue weighted by atomic mass is 35.5. The summed E-state index contributed by atoms with van der Waals surface area (Å²) in [6, 6.07) is 10.6. The van der Waals surface area contributed by atoms with Crippen LogP contribution >= 0.6 is 23.2 Å². The van der Waals surface area contributed by atoms with Crippen LogP contribution in [0.15, 0.2) is 36.4 Å². The molecular weight excluding hydrogens is 439 g/mol. The molecule has 1 aliphatic rings. The Morgan fingerprint density at radius 1 is 0.806 bits per heavy atom. The minimum absolute atomic E-state index is 0.120. The molecule has 0 aromatic heterocycles. The zero-order valence-corrected chi connectivity index (χ0v) is 19.1. The van der Waals surface area contributed by atoms with E-state index in [1.54, 1.807) is 38.5 Å². The first kappa shape index (κ1) is 23.2. The van der Waals surface area contributed by atoms with Crippen molar-refractivity contribution < 1.29 is 19.1 Å². The summed E-state index contributed by atoms with van der Waals surface area (Å²) in [6.45, 7) is 0.645. The van der Waals surface area contributed by atoms with Crippen molar-refractivity contribution in [3.63, 3.8) is 0 Å². The fourth-order valence-corrected chi connectivity index (χ4v) is 4.48. The average molecular weight is 465 g/mol. The van der Waals surface area contributed by atoms with E-state index in [-0.39, 0.29) is 23.7 Å². The minimum atomic E-state index is -0.352. The van der Waals surface area contributed by atoms with Gasteiger partial charge in [-0.25, -0.2) is 0 Å². The number of ether oxygens (including phenoxy) is 2. The Morgan fingerprint density at radius 2 is 1.26 bits per heavy atom. The highest BCUT2D eigenvalue weighted by Gasteiger charge is 2.37. The van der Waals surface area contributed by atoms with Crippen molar-refractivity contribution in [2.24, 2.45) is 11.8 Å². The second-order valence-corrected chi connectivity index (χ2v) is 8.45. The number of amides is 2. The molecular formula is C23H26Cl2N2O4. The van der Waals surface area contributed by atoms with Crippen LogP contribution in [0, 0.1) is 11.8 Å². The van der Waals surface area contributed by atoms with Crippen LogP contribution in [0.4, 0.5) is 0 Å². The van der Waals surface area contributed by atoms with Gasteiger partial charge in [0, 0.05) is 41.0 Å². The number of halogens is 2. The smallest absolute Gasteiger partial charge is 0.224 e. The lowest BCUT2D eigenvalue weighted by molar-refractivity contribution is -0.133. The summed E-state index contributed by atoms with van der Waals surface area (Å²) < 4.78 is 10.5. The molecule has 166 valence electrons. The first-order chi connectivity index (χ1) is 14.9. The van der Waals surface area contributed by atoms with Crippen molar-refractivity contribution in [1.82, 2.24) is 10.6 Å². The summed E-state index contributed by atoms with van der Waals surface area (Å²) in [5.74, 6) is 0.359. The predicted molar refractivity (Wildman–Crippen MR) is 121 cm³/mol. The summed E-state index contributed by atoms with van der Waals surface area (Å²) in [5, 5.41) is 6.90. The number of carbonyl (C=O) groups is 2. The lowest BCUT2D eigenvalue weighted by Gasteiger charge is -2.19. The molecule has 0 aliphatic heterocycles. The van der Waals surface area contributed by atoms with Crippen molar-refractivity contribution in [2.75, 3.05) is 14.2 Å². The van der Waals surface area contributed by atoms with Crippen molar-refractivity contribution in [3.05, 3.63) is 57.6 Å². The highest BCUT2D eigenvalue weighted by Crippen LogP contribution is 2.32. The summed E-state index contributed by atoms with van der Waals surface area (Å²) >= 11 is 12.0. The van der Waals surface area contributed by atoms with E-state index >= 15 is 0 Å². The van der Waals surface area contributed by atoms with Crippen LogP contribution in [0.5, 0.6) is 11.5 Å². The molecule has 2 amide bonds. The van der Waals surface area contributed by atoms with Gasteiger partial charge in [-0.1, -0.05) is 29.6 Å². The Balaban J connectivity index is 1.57. The molecule has 0 heterocycles. The topological polar surface area (TPSA) is 76.7 Å². The molecule has 0 spiro atoms. The minimum Gasteiger partial charge on any atom is -0.497 e. The van der Waals surface area contributed by atoms with Gasteiger partial charge in [0.05, 0.1) is 14.2 Å². The van der Waals surface area contributed by atoms with E-state index in [0.29, 0.717) is 47.5 Å². The Labute approximate surface area is 192 Å². The van der Waals surface area contributed by atoms with Crippen LogP contribution in [0.25, 0.3) is 0 Å². The third-order valence-corrected chi connectivity index (χ3v) is 5.89. The summed E-state index contributed by atoms with van der Waals surface area (Å²) in [4.78, 5) is 25.6. The quantitative estimate of drug-likeness (QED) is 0.608. The van der Waals surface area contributed by atoms with Gasteiger partial charge in [0.25, 0.3) is 0 Å². The van der Waals surface area contributed by atoms with Crippen LogP contribution < -0.4 is 20.1 Å². The van der Waals surface area contributed by atoms with Crippen molar-refractivity contribution >= 4 is 35.0 Å². The molecule has 2 aromatic rings. The summed E-state index contributed by atoms with van der Waals surface area (Å²) in [6.07, 6.45) is 2.22. The first-order valence-electron chi connectivity index (χ1n) is 10.1. The molecule has 31 heavy (non-hydrogen) atoms. The SMILES string of the molecule is COc1cc(CNC(=O)[C@@H]2CCCC2C(=O)NCc2cc(Cl)cc(Cl)c2)cc(OC)c1. The zero-order valence-electron chi connectivity index (χ0n) is 17.5. The Bertz CT molecular complexity index is 909. The van der Waals surface area contributed by atoms with E-state index in [1.807, 2.05) is 12.1 Å². The molecule has 2 N–H and O–H groups in total. The number of methoxy groups -OCH3 is 2. The van der Waals surface area contributed by atoms with E-state index in [2.05, 4.69) is 10.6 Å². The van der Waals surface area contributed by atoms with Crippen LogP contribution in [0.1, 0.15) is 30.4 Å². The zero-order chi connectivity index (χ0) is 22.4. The van der Waals surface area contributed by atoms with E-state index < -0.39 is 0 Å². The maximum Gasteiger partial charge on any atom is 0.224 e. The van der Waals surface area contributed by atoms with Gasteiger partial charge >= 0.3 is 0 Å². The Morgan fingerprint density at radius 3 is 1.71 bits per heavy atom. The molecule has 1 unspecified atom stereocenters. The molecule has 1 aliphatic carbocycles. The van der Waals surface area contributed by atoms with Crippen molar-refractivity contribution in [3.8, 4) is 11.5 Å².